The van der Waals surface area contributed by atoms with E-state index < -0.39 is 5.69 Å². The molecule has 1 rings (SSSR count). The SMILES string of the molecule is CCN(CC)C(=O)Cn1ccc(=O)n(CCCN)c1=O. The highest BCUT2D eigenvalue weighted by molar-refractivity contribution is 5.75. The van der Waals surface area contributed by atoms with Gasteiger partial charge >= 0.3 is 5.69 Å². The third-order valence-electron chi connectivity index (χ3n) is 3.15. The normalized spacial score (nSPS) is 10.6. The zero-order valence-corrected chi connectivity index (χ0v) is 12.0. The van der Waals surface area contributed by atoms with E-state index in [9.17, 15) is 14.4 Å². The first kappa shape index (κ1) is 16.2. The fourth-order valence-electron chi connectivity index (χ4n) is 1.95. The Labute approximate surface area is 117 Å². The molecule has 0 saturated carbocycles. The molecular formula is C13H22N4O3. The standard InChI is InChI=1S/C13H22N4O3/c1-3-15(4-2)12(19)10-16-9-6-11(18)17(13(16)20)8-5-7-14/h6,9H,3-5,7-8,10,14H2,1-2H3. The lowest BCUT2D eigenvalue weighted by Gasteiger charge is -2.19. The number of hydrogen-bond donors (Lipinski definition) is 1. The zero-order valence-electron chi connectivity index (χ0n) is 12.0. The van der Waals surface area contributed by atoms with E-state index in [-0.39, 0.29) is 24.6 Å². The Morgan fingerprint density at radius 2 is 1.95 bits per heavy atom. The van der Waals surface area contributed by atoms with Crippen LogP contribution in [0.3, 0.4) is 0 Å². The molecular weight excluding hydrogens is 260 g/mol. The molecule has 0 atom stereocenters. The predicted molar refractivity (Wildman–Crippen MR) is 76.6 cm³/mol. The van der Waals surface area contributed by atoms with Crippen LogP contribution in [0.4, 0.5) is 0 Å². The average Bonchev–Trinajstić information content (AvgIpc) is 2.43. The Hall–Kier alpha value is -1.89. The highest BCUT2D eigenvalue weighted by Crippen LogP contribution is 1.92. The quantitative estimate of drug-likeness (QED) is 0.711. The Bertz CT molecular complexity index is 557. The van der Waals surface area contributed by atoms with Gasteiger partial charge in [-0.3, -0.25) is 18.7 Å². The van der Waals surface area contributed by atoms with E-state index in [0.717, 1.165) is 4.57 Å². The van der Waals surface area contributed by atoms with Gasteiger partial charge in [-0.2, -0.15) is 0 Å². The summed E-state index contributed by atoms with van der Waals surface area (Å²) in [4.78, 5) is 37.4. The van der Waals surface area contributed by atoms with Gasteiger partial charge in [-0.25, -0.2) is 4.79 Å². The Kier molecular flexibility index (Phi) is 6.17. The molecule has 7 heteroatoms. The Morgan fingerprint density at radius 1 is 1.30 bits per heavy atom. The van der Waals surface area contributed by atoms with E-state index in [1.54, 1.807) is 4.90 Å². The summed E-state index contributed by atoms with van der Waals surface area (Å²) >= 11 is 0. The van der Waals surface area contributed by atoms with Crippen molar-refractivity contribution in [2.45, 2.75) is 33.4 Å². The van der Waals surface area contributed by atoms with Crippen LogP contribution in [0, 0.1) is 0 Å². The molecule has 0 spiro atoms. The molecule has 0 fully saturated rings. The van der Waals surface area contributed by atoms with Crippen LogP contribution in [-0.2, 0) is 17.9 Å². The largest absolute Gasteiger partial charge is 0.342 e. The summed E-state index contributed by atoms with van der Waals surface area (Å²) in [6.07, 6.45) is 1.91. The number of nitrogens with two attached hydrogens (primary N) is 1. The molecule has 7 nitrogen and oxygen atoms in total. The molecule has 0 aliphatic carbocycles. The second-order valence-electron chi connectivity index (χ2n) is 4.42. The summed E-state index contributed by atoms with van der Waals surface area (Å²) in [5.74, 6) is -0.138. The summed E-state index contributed by atoms with van der Waals surface area (Å²) < 4.78 is 2.38. The molecule has 1 heterocycles. The number of likely N-dealkylation sites (N-methyl/N-ethyl adjacent to an activating group) is 1. The van der Waals surface area contributed by atoms with Crippen molar-refractivity contribution in [3.8, 4) is 0 Å². The van der Waals surface area contributed by atoms with Gasteiger partial charge in [0.2, 0.25) is 5.91 Å². The second-order valence-corrected chi connectivity index (χ2v) is 4.42. The van der Waals surface area contributed by atoms with Gasteiger partial charge in [0.15, 0.2) is 0 Å². The lowest BCUT2D eigenvalue weighted by atomic mass is 10.4. The molecule has 0 unspecified atom stereocenters. The van der Waals surface area contributed by atoms with Crippen LogP contribution < -0.4 is 17.0 Å². The minimum absolute atomic E-state index is 0.0522. The van der Waals surface area contributed by atoms with E-state index in [1.165, 1.54) is 16.8 Å². The molecule has 2 N–H and O–H groups in total. The van der Waals surface area contributed by atoms with Crippen molar-refractivity contribution in [1.29, 1.82) is 0 Å². The number of nitrogens with zero attached hydrogens (tertiary/aromatic N) is 3. The van der Waals surface area contributed by atoms with Crippen LogP contribution in [0.25, 0.3) is 0 Å². The van der Waals surface area contributed by atoms with Crippen molar-refractivity contribution in [1.82, 2.24) is 14.0 Å². The van der Waals surface area contributed by atoms with Gasteiger partial charge in [0, 0.05) is 31.9 Å². The van der Waals surface area contributed by atoms with E-state index in [4.69, 9.17) is 5.73 Å². The number of rotatable bonds is 7. The van der Waals surface area contributed by atoms with Crippen molar-refractivity contribution in [3.05, 3.63) is 33.1 Å². The third kappa shape index (κ3) is 3.80. The maximum absolute atomic E-state index is 12.1. The summed E-state index contributed by atoms with van der Waals surface area (Å²) in [6, 6.07) is 1.30. The van der Waals surface area contributed by atoms with Crippen LogP contribution in [-0.4, -0.2) is 39.6 Å². The molecule has 0 saturated heterocycles. The molecule has 20 heavy (non-hydrogen) atoms. The van der Waals surface area contributed by atoms with Crippen molar-refractivity contribution in [2.24, 2.45) is 5.73 Å². The molecule has 0 aliphatic rings. The van der Waals surface area contributed by atoms with Gasteiger partial charge < -0.3 is 10.6 Å². The topological polar surface area (TPSA) is 90.3 Å². The predicted octanol–water partition coefficient (Wildman–Crippen LogP) is -0.773. The van der Waals surface area contributed by atoms with Gasteiger partial charge in [0.25, 0.3) is 5.56 Å². The van der Waals surface area contributed by atoms with Crippen LogP contribution in [0.2, 0.25) is 0 Å². The summed E-state index contributed by atoms with van der Waals surface area (Å²) in [5.41, 5.74) is 4.55. The average molecular weight is 282 g/mol. The number of carbonyl (C=O) groups excluding carboxylic acids is 1. The Balaban J connectivity index is 3.00. The maximum Gasteiger partial charge on any atom is 0.331 e. The zero-order chi connectivity index (χ0) is 15.1. The number of carbonyl (C=O) groups is 1. The fourth-order valence-corrected chi connectivity index (χ4v) is 1.95. The molecule has 0 bridgehead atoms. The molecule has 1 aromatic rings. The van der Waals surface area contributed by atoms with Crippen molar-refractivity contribution in [3.63, 3.8) is 0 Å². The lowest BCUT2D eigenvalue weighted by molar-refractivity contribution is -0.131. The van der Waals surface area contributed by atoms with Crippen LogP contribution in [0.15, 0.2) is 21.9 Å². The van der Waals surface area contributed by atoms with E-state index in [0.29, 0.717) is 26.1 Å². The molecule has 0 radical (unpaired) electrons. The Morgan fingerprint density at radius 3 is 2.50 bits per heavy atom. The van der Waals surface area contributed by atoms with Crippen molar-refractivity contribution < 1.29 is 4.79 Å². The summed E-state index contributed by atoms with van der Waals surface area (Å²) in [7, 11) is 0. The highest BCUT2D eigenvalue weighted by atomic mass is 16.2. The lowest BCUT2D eigenvalue weighted by Crippen LogP contribution is -2.42. The monoisotopic (exact) mass is 282 g/mol. The minimum Gasteiger partial charge on any atom is -0.342 e. The highest BCUT2D eigenvalue weighted by Gasteiger charge is 2.12. The third-order valence-corrected chi connectivity index (χ3v) is 3.15. The van der Waals surface area contributed by atoms with Crippen LogP contribution in [0.1, 0.15) is 20.3 Å². The first-order valence-electron chi connectivity index (χ1n) is 6.83. The van der Waals surface area contributed by atoms with Crippen molar-refractivity contribution >= 4 is 5.91 Å². The van der Waals surface area contributed by atoms with E-state index >= 15 is 0 Å². The van der Waals surface area contributed by atoms with Gasteiger partial charge in [0.05, 0.1) is 0 Å². The molecule has 0 aliphatic heterocycles. The first-order valence-corrected chi connectivity index (χ1v) is 6.83. The van der Waals surface area contributed by atoms with Gasteiger partial charge in [-0.05, 0) is 26.8 Å². The summed E-state index contributed by atoms with van der Waals surface area (Å²) in [5, 5.41) is 0. The smallest absolute Gasteiger partial charge is 0.331 e. The van der Waals surface area contributed by atoms with Gasteiger partial charge in [-0.1, -0.05) is 0 Å². The summed E-state index contributed by atoms with van der Waals surface area (Å²) in [6.45, 7) is 5.57. The van der Waals surface area contributed by atoms with Gasteiger partial charge in [0.1, 0.15) is 6.54 Å². The molecule has 1 amide bonds. The number of amides is 1. The fraction of sp³-hybridized carbons (Fsp3) is 0.615. The second kappa shape index (κ2) is 7.64. The van der Waals surface area contributed by atoms with Crippen molar-refractivity contribution in [2.75, 3.05) is 19.6 Å². The van der Waals surface area contributed by atoms with E-state index in [1.807, 2.05) is 13.8 Å². The molecule has 0 aromatic carbocycles. The molecule has 112 valence electrons. The van der Waals surface area contributed by atoms with Crippen LogP contribution >= 0.6 is 0 Å². The maximum atomic E-state index is 12.1. The molecule has 1 aromatic heterocycles. The first-order chi connectivity index (χ1) is 9.54. The van der Waals surface area contributed by atoms with Crippen LogP contribution in [0.5, 0.6) is 0 Å². The minimum atomic E-state index is -0.466. The van der Waals surface area contributed by atoms with Gasteiger partial charge in [-0.15, -0.1) is 0 Å². The van der Waals surface area contributed by atoms with E-state index in [2.05, 4.69) is 0 Å². The number of hydrogen-bond acceptors (Lipinski definition) is 4. The number of aromatic nitrogens is 2.